The number of alkyl halides is 3. The van der Waals surface area contributed by atoms with Crippen LogP contribution in [0.25, 0.3) is 0 Å². The molecule has 0 aliphatic rings. The highest BCUT2D eigenvalue weighted by Gasteiger charge is 2.43. The van der Waals surface area contributed by atoms with E-state index < -0.39 is 10.5 Å². The number of hydrogen-bond donors (Lipinski definition) is 0. The molecule has 0 radical (unpaired) electrons. The molecule has 1 atom stereocenters. The largest absolute Gasteiger partial charge is 0.375 e. The summed E-state index contributed by atoms with van der Waals surface area (Å²) in [5, 5.41) is 1.08. The molecule has 118 valence electrons. The molecule has 8 heteroatoms. The summed E-state index contributed by atoms with van der Waals surface area (Å²) in [5.41, 5.74) is 0. The molecule has 1 aromatic carbocycles. The molecule has 0 fully saturated rings. The fraction of sp³-hybridized carbons (Fsp3) is 0.286. The molecule has 0 N–H and O–H groups in total. The Kier molecular flexibility index (Phi) is 5.56. The number of hydroxylamine groups is 2. The summed E-state index contributed by atoms with van der Waals surface area (Å²) in [6.07, 6.45) is 3.78. The van der Waals surface area contributed by atoms with Gasteiger partial charge >= 0.3 is 0 Å². The molecule has 2 aromatic rings. The SMILES string of the molecule is CC(=O)N(Oc1ccccc1)C(n1ccnc1)C(Cl)(Cl)CCl. The number of para-hydroxylation sites is 1. The van der Waals surface area contributed by atoms with Gasteiger partial charge in [-0.15, -0.1) is 16.7 Å². The smallest absolute Gasteiger partial charge is 0.254 e. The van der Waals surface area contributed by atoms with Crippen LogP contribution in [0.3, 0.4) is 0 Å². The van der Waals surface area contributed by atoms with Crippen molar-refractivity contribution in [1.82, 2.24) is 14.6 Å². The summed E-state index contributed by atoms with van der Waals surface area (Å²) in [5.74, 6) is -0.0131. The van der Waals surface area contributed by atoms with Gasteiger partial charge in [0.05, 0.1) is 12.2 Å². The van der Waals surface area contributed by atoms with Crippen molar-refractivity contribution in [3.05, 3.63) is 49.1 Å². The van der Waals surface area contributed by atoms with Gasteiger partial charge in [0.2, 0.25) is 0 Å². The van der Waals surface area contributed by atoms with Crippen LogP contribution in [-0.4, -0.2) is 30.7 Å². The lowest BCUT2D eigenvalue weighted by molar-refractivity contribution is -0.172. The van der Waals surface area contributed by atoms with Crippen molar-refractivity contribution in [2.24, 2.45) is 0 Å². The van der Waals surface area contributed by atoms with E-state index in [2.05, 4.69) is 4.98 Å². The summed E-state index contributed by atoms with van der Waals surface area (Å²) >= 11 is 18.5. The average Bonchev–Trinajstić information content (AvgIpc) is 3.01. The average molecular weight is 363 g/mol. The molecule has 1 amide bonds. The lowest BCUT2D eigenvalue weighted by Crippen LogP contribution is -2.47. The second-order valence-corrected chi connectivity index (χ2v) is 6.34. The first kappa shape index (κ1) is 16.9. The van der Waals surface area contributed by atoms with Gasteiger partial charge in [0.15, 0.2) is 16.2 Å². The van der Waals surface area contributed by atoms with Crippen LogP contribution in [0.15, 0.2) is 49.1 Å². The third kappa shape index (κ3) is 3.85. The fourth-order valence-corrected chi connectivity index (χ4v) is 2.42. The second kappa shape index (κ2) is 7.22. The highest BCUT2D eigenvalue weighted by Crippen LogP contribution is 2.38. The third-order valence-electron chi connectivity index (χ3n) is 2.84. The molecule has 0 aliphatic carbocycles. The van der Waals surface area contributed by atoms with Crippen molar-refractivity contribution >= 4 is 40.7 Å². The van der Waals surface area contributed by atoms with E-state index in [1.54, 1.807) is 41.2 Å². The standard InChI is InChI=1S/C14H14Cl3N3O2/c1-11(21)20(22-12-5-3-2-4-6-12)13(14(16,17)9-15)19-8-7-18-10-19/h2-8,10,13H,9H2,1H3. The van der Waals surface area contributed by atoms with Gasteiger partial charge in [0, 0.05) is 19.3 Å². The molecule has 1 unspecified atom stereocenters. The number of imidazole rings is 1. The zero-order chi connectivity index (χ0) is 16.2. The number of rotatable bonds is 6. The van der Waals surface area contributed by atoms with Crippen molar-refractivity contribution in [2.45, 2.75) is 17.4 Å². The van der Waals surface area contributed by atoms with Gasteiger partial charge in [-0.3, -0.25) is 4.79 Å². The predicted octanol–water partition coefficient (Wildman–Crippen LogP) is 3.64. The van der Waals surface area contributed by atoms with Gasteiger partial charge in [0.1, 0.15) is 0 Å². The maximum Gasteiger partial charge on any atom is 0.254 e. The molecule has 1 aromatic heterocycles. The summed E-state index contributed by atoms with van der Waals surface area (Å²) in [6.45, 7) is 1.35. The van der Waals surface area contributed by atoms with Crippen molar-refractivity contribution in [3.8, 4) is 5.75 Å². The van der Waals surface area contributed by atoms with Crippen LogP contribution < -0.4 is 4.84 Å². The van der Waals surface area contributed by atoms with Crippen LogP contribution >= 0.6 is 34.8 Å². The molecule has 0 aliphatic heterocycles. The Morgan fingerprint density at radius 1 is 1.41 bits per heavy atom. The number of hydrogen-bond acceptors (Lipinski definition) is 3. The van der Waals surface area contributed by atoms with Crippen LogP contribution in [0.4, 0.5) is 0 Å². The van der Waals surface area contributed by atoms with Crippen LogP contribution in [0.1, 0.15) is 13.1 Å². The fourth-order valence-electron chi connectivity index (χ4n) is 1.88. The quantitative estimate of drug-likeness (QED) is 0.582. The van der Waals surface area contributed by atoms with E-state index in [0.717, 1.165) is 5.06 Å². The number of amides is 1. The highest BCUT2D eigenvalue weighted by molar-refractivity contribution is 6.51. The summed E-state index contributed by atoms with van der Waals surface area (Å²) in [4.78, 5) is 21.7. The molecular formula is C14H14Cl3N3O2. The summed E-state index contributed by atoms with van der Waals surface area (Å²) < 4.78 is 0.0927. The minimum absolute atomic E-state index is 0.110. The maximum atomic E-state index is 12.1. The zero-order valence-electron chi connectivity index (χ0n) is 11.7. The van der Waals surface area contributed by atoms with Crippen LogP contribution in [0, 0.1) is 0 Å². The van der Waals surface area contributed by atoms with Gasteiger partial charge in [-0.25, -0.2) is 4.98 Å². The van der Waals surface area contributed by atoms with Crippen molar-refractivity contribution in [2.75, 3.05) is 5.88 Å². The Morgan fingerprint density at radius 3 is 2.59 bits per heavy atom. The van der Waals surface area contributed by atoms with Gasteiger partial charge in [-0.1, -0.05) is 41.4 Å². The Labute approximate surface area is 143 Å². The van der Waals surface area contributed by atoms with Gasteiger partial charge in [-0.2, -0.15) is 0 Å². The zero-order valence-corrected chi connectivity index (χ0v) is 14.0. The minimum atomic E-state index is -1.47. The molecule has 0 saturated heterocycles. The predicted molar refractivity (Wildman–Crippen MR) is 86.0 cm³/mol. The molecular weight excluding hydrogens is 349 g/mol. The monoisotopic (exact) mass is 361 g/mol. The van der Waals surface area contributed by atoms with E-state index in [9.17, 15) is 4.79 Å². The third-order valence-corrected chi connectivity index (χ3v) is 4.20. The summed E-state index contributed by atoms with van der Waals surface area (Å²) in [6, 6.07) is 8.84. The van der Waals surface area contributed by atoms with E-state index in [4.69, 9.17) is 39.6 Å². The highest BCUT2D eigenvalue weighted by atomic mass is 35.5. The van der Waals surface area contributed by atoms with E-state index in [-0.39, 0.29) is 11.8 Å². The Balaban J connectivity index is 2.39. The molecule has 0 spiro atoms. The van der Waals surface area contributed by atoms with Crippen molar-refractivity contribution in [3.63, 3.8) is 0 Å². The molecule has 0 saturated carbocycles. The number of benzene rings is 1. The first-order valence-corrected chi connectivity index (χ1v) is 7.69. The number of nitrogens with zero attached hydrogens (tertiary/aromatic N) is 3. The molecule has 5 nitrogen and oxygen atoms in total. The van der Waals surface area contributed by atoms with E-state index >= 15 is 0 Å². The maximum absolute atomic E-state index is 12.1. The van der Waals surface area contributed by atoms with Crippen molar-refractivity contribution < 1.29 is 9.63 Å². The van der Waals surface area contributed by atoms with E-state index in [1.165, 1.54) is 13.3 Å². The first-order valence-electron chi connectivity index (χ1n) is 6.40. The van der Waals surface area contributed by atoms with E-state index in [0.29, 0.717) is 5.75 Å². The first-order chi connectivity index (χ1) is 10.5. The topological polar surface area (TPSA) is 47.4 Å². The molecule has 1 heterocycles. The molecule has 0 bridgehead atoms. The van der Waals surface area contributed by atoms with Gasteiger partial charge in [-0.05, 0) is 12.1 Å². The number of carbonyl (C=O) groups is 1. The summed E-state index contributed by atoms with van der Waals surface area (Å²) in [7, 11) is 0. The number of halogens is 3. The van der Waals surface area contributed by atoms with Crippen LogP contribution in [0.5, 0.6) is 5.75 Å². The molecule has 2 rings (SSSR count). The second-order valence-electron chi connectivity index (χ2n) is 4.53. The van der Waals surface area contributed by atoms with Crippen molar-refractivity contribution in [1.29, 1.82) is 0 Å². The van der Waals surface area contributed by atoms with Crippen LogP contribution in [0.2, 0.25) is 0 Å². The molecule has 22 heavy (non-hydrogen) atoms. The lowest BCUT2D eigenvalue weighted by atomic mass is 10.3. The Hall–Kier alpha value is -1.43. The lowest BCUT2D eigenvalue weighted by Gasteiger charge is -2.36. The number of carbonyl (C=O) groups excluding carboxylic acids is 1. The van der Waals surface area contributed by atoms with E-state index in [1.807, 2.05) is 6.07 Å². The number of aromatic nitrogens is 2. The Morgan fingerprint density at radius 2 is 2.09 bits per heavy atom. The van der Waals surface area contributed by atoms with Gasteiger partial charge < -0.3 is 9.40 Å². The van der Waals surface area contributed by atoms with Crippen LogP contribution in [-0.2, 0) is 4.79 Å². The normalized spacial score (nSPS) is 12.7. The van der Waals surface area contributed by atoms with Gasteiger partial charge in [0.25, 0.3) is 5.91 Å². The minimum Gasteiger partial charge on any atom is -0.375 e. The Bertz CT molecular complexity index is 605.